The zero-order valence-corrected chi connectivity index (χ0v) is 5.52. The molecule has 0 unspecified atom stereocenters. The zero-order chi connectivity index (χ0) is 6.08. The van der Waals surface area contributed by atoms with Gasteiger partial charge in [0.1, 0.15) is 5.70 Å². The molecule has 0 spiro atoms. The minimum atomic E-state index is 0.750. The van der Waals surface area contributed by atoms with Gasteiger partial charge in [0.2, 0.25) is 0 Å². The van der Waals surface area contributed by atoms with Crippen molar-refractivity contribution < 1.29 is 4.48 Å². The number of hydrogen-bond donors (Lipinski definition) is 0. The SMILES string of the molecule is [CH]=C(C)[N+](C)(C)C. The van der Waals surface area contributed by atoms with Gasteiger partial charge in [0.25, 0.3) is 0 Å². The Morgan fingerprint density at radius 2 is 1.43 bits per heavy atom. The van der Waals surface area contributed by atoms with Crippen LogP contribution in [-0.2, 0) is 0 Å². The lowest BCUT2D eigenvalue weighted by molar-refractivity contribution is -0.831. The van der Waals surface area contributed by atoms with Crippen LogP contribution >= 0.6 is 0 Å². The first-order valence-electron chi connectivity index (χ1n) is 2.35. The van der Waals surface area contributed by atoms with Crippen molar-refractivity contribution in [3.8, 4) is 0 Å². The largest absolute Gasteiger partial charge is 0.302 e. The highest BCUT2D eigenvalue weighted by Gasteiger charge is 2.05. The van der Waals surface area contributed by atoms with Crippen LogP contribution in [-0.4, -0.2) is 25.6 Å². The van der Waals surface area contributed by atoms with E-state index in [1.165, 1.54) is 0 Å². The Morgan fingerprint density at radius 3 is 1.43 bits per heavy atom. The highest BCUT2D eigenvalue weighted by molar-refractivity contribution is 4.68. The van der Waals surface area contributed by atoms with Crippen LogP contribution in [0.5, 0.6) is 0 Å². The lowest BCUT2D eigenvalue weighted by Gasteiger charge is -2.22. The van der Waals surface area contributed by atoms with Gasteiger partial charge in [-0.3, -0.25) is 0 Å². The highest BCUT2D eigenvalue weighted by Crippen LogP contribution is 2.00. The average molecular weight is 99.2 g/mol. The topological polar surface area (TPSA) is 0 Å². The average Bonchev–Trinajstić information content (AvgIpc) is 1.31. The third-order valence-electron chi connectivity index (χ3n) is 1.06. The maximum Gasteiger partial charge on any atom is 0.105 e. The van der Waals surface area contributed by atoms with Crippen molar-refractivity contribution in [2.75, 3.05) is 21.1 Å². The van der Waals surface area contributed by atoms with E-state index >= 15 is 0 Å². The molecule has 1 radical (unpaired) electrons. The summed E-state index contributed by atoms with van der Waals surface area (Å²) in [6.45, 7) is 7.38. The molecule has 0 rings (SSSR count). The molecule has 0 aliphatic rings. The third kappa shape index (κ3) is 2.40. The fraction of sp³-hybridized carbons (Fsp3) is 0.667. The van der Waals surface area contributed by atoms with Crippen molar-refractivity contribution in [1.29, 1.82) is 0 Å². The molecule has 0 saturated carbocycles. The summed E-state index contributed by atoms with van der Waals surface area (Å²) in [5, 5.41) is 0. The molecule has 0 fully saturated rings. The summed E-state index contributed by atoms with van der Waals surface area (Å²) in [5.41, 5.74) is 0.931. The Labute approximate surface area is 45.8 Å². The monoisotopic (exact) mass is 99.1 g/mol. The number of quaternary nitrogens is 1. The number of nitrogens with zero attached hydrogens (tertiary/aromatic N) is 1. The van der Waals surface area contributed by atoms with Gasteiger partial charge < -0.3 is 4.48 Å². The van der Waals surface area contributed by atoms with E-state index < -0.39 is 0 Å². The van der Waals surface area contributed by atoms with Gasteiger partial charge in [-0.15, -0.1) is 0 Å². The molecule has 0 bridgehead atoms. The van der Waals surface area contributed by atoms with E-state index in [2.05, 4.69) is 0 Å². The summed E-state index contributed by atoms with van der Waals surface area (Å²) in [4.78, 5) is 0. The van der Waals surface area contributed by atoms with E-state index in [9.17, 15) is 0 Å². The lowest BCUT2D eigenvalue weighted by Crippen LogP contribution is -2.31. The lowest BCUT2D eigenvalue weighted by atomic mass is 10.4. The first kappa shape index (κ1) is 6.70. The molecular weight excluding hydrogens is 86.1 g/mol. The molecular formula is C6H13N+. The minimum Gasteiger partial charge on any atom is -0.302 e. The zero-order valence-electron chi connectivity index (χ0n) is 5.52. The summed E-state index contributed by atoms with van der Waals surface area (Å²) in [5.74, 6) is 0. The molecule has 0 aromatic carbocycles. The molecule has 0 N–H and O–H groups in total. The van der Waals surface area contributed by atoms with Gasteiger partial charge >= 0.3 is 0 Å². The molecule has 0 atom stereocenters. The van der Waals surface area contributed by atoms with Crippen molar-refractivity contribution >= 4 is 0 Å². The van der Waals surface area contributed by atoms with Crippen LogP contribution in [0.4, 0.5) is 0 Å². The second kappa shape index (κ2) is 1.66. The summed E-state index contributed by atoms with van der Waals surface area (Å²) in [6.07, 6.45) is 0. The van der Waals surface area contributed by atoms with Crippen LogP contribution in [0.1, 0.15) is 6.92 Å². The van der Waals surface area contributed by atoms with Gasteiger partial charge in [0.15, 0.2) is 0 Å². The molecule has 0 heterocycles. The van der Waals surface area contributed by atoms with E-state index in [4.69, 9.17) is 6.58 Å². The van der Waals surface area contributed by atoms with Crippen LogP contribution < -0.4 is 0 Å². The summed E-state index contributed by atoms with van der Waals surface area (Å²) in [6, 6.07) is 0. The fourth-order valence-electron chi connectivity index (χ4n) is 0. The predicted molar refractivity (Wildman–Crippen MR) is 31.5 cm³/mol. The van der Waals surface area contributed by atoms with Crippen molar-refractivity contribution in [3.05, 3.63) is 12.3 Å². The molecule has 0 aliphatic carbocycles. The Morgan fingerprint density at radius 1 is 1.29 bits per heavy atom. The second-order valence-electron chi connectivity index (χ2n) is 2.65. The molecule has 0 aromatic heterocycles. The molecule has 0 aromatic rings. The minimum absolute atomic E-state index is 0.750. The summed E-state index contributed by atoms with van der Waals surface area (Å²) in [7, 11) is 6.11. The Kier molecular flexibility index (Phi) is 1.59. The molecule has 1 heteroatoms. The van der Waals surface area contributed by atoms with E-state index in [0.29, 0.717) is 0 Å². The maximum atomic E-state index is 5.46. The van der Waals surface area contributed by atoms with Crippen molar-refractivity contribution in [2.24, 2.45) is 0 Å². The smallest absolute Gasteiger partial charge is 0.105 e. The van der Waals surface area contributed by atoms with Crippen LogP contribution in [0, 0.1) is 6.58 Å². The van der Waals surface area contributed by atoms with Crippen LogP contribution in [0.25, 0.3) is 0 Å². The van der Waals surface area contributed by atoms with Crippen LogP contribution in [0.15, 0.2) is 5.70 Å². The Balaban J connectivity index is 3.79. The van der Waals surface area contributed by atoms with Crippen molar-refractivity contribution in [1.82, 2.24) is 0 Å². The maximum absolute atomic E-state index is 5.46. The molecule has 1 nitrogen and oxygen atoms in total. The van der Waals surface area contributed by atoms with Crippen molar-refractivity contribution in [2.45, 2.75) is 6.92 Å². The number of rotatable bonds is 1. The van der Waals surface area contributed by atoms with Gasteiger partial charge in [-0.05, 0) is 6.58 Å². The van der Waals surface area contributed by atoms with Crippen LogP contribution in [0.3, 0.4) is 0 Å². The molecule has 41 valence electrons. The van der Waals surface area contributed by atoms with Gasteiger partial charge in [0.05, 0.1) is 21.1 Å². The summed E-state index contributed by atoms with van der Waals surface area (Å²) >= 11 is 0. The van der Waals surface area contributed by atoms with E-state index in [0.717, 1.165) is 10.2 Å². The van der Waals surface area contributed by atoms with E-state index in [1.54, 1.807) is 0 Å². The number of hydrogen-bond acceptors (Lipinski definition) is 0. The van der Waals surface area contributed by atoms with E-state index in [-0.39, 0.29) is 0 Å². The van der Waals surface area contributed by atoms with Gasteiger partial charge in [-0.2, -0.15) is 0 Å². The molecule has 0 amide bonds. The van der Waals surface area contributed by atoms with E-state index in [1.807, 2.05) is 28.1 Å². The van der Waals surface area contributed by atoms with Gasteiger partial charge in [-0.25, -0.2) is 0 Å². The summed E-state index contributed by atoms with van der Waals surface area (Å²) < 4.78 is 0.750. The number of allylic oxidation sites excluding steroid dienone is 1. The van der Waals surface area contributed by atoms with Crippen molar-refractivity contribution in [3.63, 3.8) is 0 Å². The quantitative estimate of drug-likeness (QED) is 0.431. The first-order chi connectivity index (χ1) is 2.94. The van der Waals surface area contributed by atoms with Crippen LogP contribution in [0.2, 0.25) is 0 Å². The fourth-order valence-corrected chi connectivity index (χ4v) is 0. The molecule has 0 aliphatic heterocycles. The standard InChI is InChI=1S/C6H13N/c1-6(2)7(3,4)5/h1H,2-5H3/q+1. The Bertz CT molecular complexity index is 76.7. The van der Waals surface area contributed by atoms with Gasteiger partial charge in [0, 0.05) is 6.92 Å². The van der Waals surface area contributed by atoms with Gasteiger partial charge in [-0.1, -0.05) is 0 Å². The molecule has 0 saturated heterocycles. The highest BCUT2D eigenvalue weighted by atomic mass is 15.3. The normalized spacial score (nSPS) is 11.4. The second-order valence-corrected chi connectivity index (χ2v) is 2.65. The first-order valence-corrected chi connectivity index (χ1v) is 2.35. The molecule has 7 heavy (non-hydrogen) atoms. The third-order valence-corrected chi connectivity index (χ3v) is 1.06. The predicted octanol–water partition coefficient (Wildman–Crippen LogP) is 1.03. The Hall–Kier alpha value is -0.300.